The number of carbonyl (C=O) groups excluding carboxylic acids is 2. The number of nitrogens with zero attached hydrogens (tertiary/aromatic N) is 1. The maximum Gasteiger partial charge on any atom is 0.279 e. The molecule has 0 aliphatic carbocycles. The zero-order valence-electron chi connectivity index (χ0n) is 14.2. The van der Waals surface area contributed by atoms with Crippen LogP contribution in [0, 0.1) is 15.9 Å². The molecular formula is C18H16FN3O5. The predicted molar refractivity (Wildman–Crippen MR) is 94.9 cm³/mol. The fourth-order valence-electron chi connectivity index (χ4n) is 1.93. The Morgan fingerprint density at radius 1 is 1.15 bits per heavy atom. The molecule has 9 heteroatoms. The smallest absolute Gasteiger partial charge is 0.279 e. The van der Waals surface area contributed by atoms with E-state index in [1.807, 2.05) is 0 Å². The number of benzene rings is 2. The average molecular weight is 373 g/mol. The van der Waals surface area contributed by atoms with E-state index in [2.05, 4.69) is 10.9 Å². The lowest BCUT2D eigenvalue weighted by atomic mass is 10.2. The van der Waals surface area contributed by atoms with E-state index in [4.69, 9.17) is 4.74 Å². The number of para-hydroxylation sites is 1. The van der Waals surface area contributed by atoms with Crippen molar-refractivity contribution in [2.45, 2.75) is 13.0 Å². The van der Waals surface area contributed by atoms with Gasteiger partial charge in [-0.15, -0.1) is 0 Å². The molecule has 0 aliphatic heterocycles. The van der Waals surface area contributed by atoms with Crippen LogP contribution in [0.1, 0.15) is 12.5 Å². The second kappa shape index (κ2) is 9.09. The van der Waals surface area contributed by atoms with E-state index in [-0.39, 0.29) is 11.4 Å². The number of carbonyl (C=O) groups is 2. The molecule has 2 aromatic rings. The van der Waals surface area contributed by atoms with Crippen LogP contribution >= 0.6 is 0 Å². The van der Waals surface area contributed by atoms with Crippen LogP contribution in [-0.2, 0) is 9.59 Å². The minimum absolute atomic E-state index is 0.0623. The normalized spacial score (nSPS) is 11.6. The Labute approximate surface area is 153 Å². The highest BCUT2D eigenvalue weighted by molar-refractivity contribution is 5.93. The lowest BCUT2D eigenvalue weighted by molar-refractivity contribution is -0.384. The standard InChI is InChI=1S/C18H16FN3O5/c1-12(27-16-5-3-2-4-15(16)19)18(24)21-20-17(23)11-8-13-6-9-14(10-7-13)22(25)26/h2-12H,1H3,(H,20,23)(H,21,24)/b11-8+. The zero-order valence-corrected chi connectivity index (χ0v) is 14.2. The molecule has 0 aliphatic rings. The van der Waals surface area contributed by atoms with Crippen LogP contribution in [0.15, 0.2) is 54.6 Å². The van der Waals surface area contributed by atoms with Gasteiger partial charge in [0.25, 0.3) is 17.5 Å². The number of nitro groups is 1. The molecule has 140 valence electrons. The quantitative estimate of drug-likeness (QED) is 0.459. The van der Waals surface area contributed by atoms with Gasteiger partial charge < -0.3 is 4.74 Å². The van der Waals surface area contributed by atoms with Crippen LogP contribution in [0.4, 0.5) is 10.1 Å². The van der Waals surface area contributed by atoms with Crippen molar-refractivity contribution in [3.63, 3.8) is 0 Å². The van der Waals surface area contributed by atoms with E-state index >= 15 is 0 Å². The maximum atomic E-state index is 13.5. The van der Waals surface area contributed by atoms with Crippen LogP contribution in [0.5, 0.6) is 5.75 Å². The monoisotopic (exact) mass is 373 g/mol. The van der Waals surface area contributed by atoms with Crippen molar-refractivity contribution in [2.75, 3.05) is 0 Å². The third kappa shape index (κ3) is 5.92. The summed E-state index contributed by atoms with van der Waals surface area (Å²) >= 11 is 0. The molecule has 0 fully saturated rings. The number of halogens is 1. The van der Waals surface area contributed by atoms with Gasteiger partial charge in [0.2, 0.25) is 0 Å². The fraction of sp³-hybridized carbons (Fsp3) is 0.111. The van der Waals surface area contributed by atoms with Crippen molar-refractivity contribution in [3.8, 4) is 5.75 Å². The first-order valence-electron chi connectivity index (χ1n) is 7.80. The molecule has 0 aromatic heterocycles. The minimum Gasteiger partial charge on any atom is -0.478 e. The van der Waals surface area contributed by atoms with Gasteiger partial charge in [-0.1, -0.05) is 12.1 Å². The number of hydrogen-bond acceptors (Lipinski definition) is 5. The molecule has 0 saturated heterocycles. The number of hydrogen-bond donors (Lipinski definition) is 2. The van der Waals surface area contributed by atoms with Crippen LogP contribution in [0.2, 0.25) is 0 Å². The molecule has 0 bridgehead atoms. The first-order valence-corrected chi connectivity index (χ1v) is 7.80. The molecule has 2 aromatic carbocycles. The summed E-state index contributed by atoms with van der Waals surface area (Å²) in [7, 11) is 0. The molecule has 8 nitrogen and oxygen atoms in total. The Morgan fingerprint density at radius 3 is 2.44 bits per heavy atom. The van der Waals surface area contributed by atoms with Crippen LogP contribution < -0.4 is 15.6 Å². The zero-order chi connectivity index (χ0) is 19.8. The summed E-state index contributed by atoms with van der Waals surface area (Å²) in [6.45, 7) is 1.40. The molecule has 2 N–H and O–H groups in total. The molecule has 1 unspecified atom stereocenters. The molecule has 2 rings (SSSR count). The van der Waals surface area contributed by atoms with Crippen LogP contribution in [0.25, 0.3) is 6.08 Å². The predicted octanol–water partition coefficient (Wildman–Crippen LogP) is 2.36. The summed E-state index contributed by atoms with van der Waals surface area (Å²) in [5.41, 5.74) is 4.82. The SMILES string of the molecule is CC(Oc1ccccc1F)C(=O)NNC(=O)/C=C/c1ccc([N+](=O)[O-])cc1. The van der Waals surface area contributed by atoms with Gasteiger partial charge in [-0.2, -0.15) is 0 Å². The number of rotatable bonds is 6. The Kier molecular flexibility index (Phi) is 6.59. The topological polar surface area (TPSA) is 111 Å². The van der Waals surface area contributed by atoms with Gasteiger partial charge >= 0.3 is 0 Å². The number of nitro benzene ring substituents is 1. The molecule has 0 saturated carbocycles. The third-order valence-electron chi connectivity index (χ3n) is 3.35. The highest BCUT2D eigenvalue weighted by Crippen LogP contribution is 2.17. The van der Waals surface area contributed by atoms with Gasteiger partial charge in [0.1, 0.15) is 0 Å². The second-order valence-electron chi connectivity index (χ2n) is 5.35. The van der Waals surface area contributed by atoms with Crippen molar-refractivity contribution in [1.82, 2.24) is 10.9 Å². The number of amides is 2. The van der Waals surface area contributed by atoms with E-state index in [1.165, 1.54) is 55.5 Å². The first-order chi connectivity index (χ1) is 12.9. The summed E-state index contributed by atoms with van der Waals surface area (Å²) in [6.07, 6.45) is 1.52. The highest BCUT2D eigenvalue weighted by Gasteiger charge is 2.16. The van der Waals surface area contributed by atoms with Crippen molar-refractivity contribution in [1.29, 1.82) is 0 Å². The van der Waals surface area contributed by atoms with E-state index < -0.39 is 28.7 Å². The highest BCUT2D eigenvalue weighted by atomic mass is 19.1. The average Bonchev–Trinajstić information content (AvgIpc) is 2.66. The number of ether oxygens (including phenoxy) is 1. The van der Waals surface area contributed by atoms with Gasteiger partial charge in [-0.05, 0) is 42.8 Å². The molecular weight excluding hydrogens is 357 g/mol. The Bertz CT molecular complexity index is 868. The molecule has 2 amide bonds. The van der Waals surface area contributed by atoms with Crippen molar-refractivity contribution in [2.24, 2.45) is 0 Å². The Hall–Kier alpha value is -3.75. The molecule has 27 heavy (non-hydrogen) atoms. The van der Waals surface area contributed by atoms with E-state index in [9.17, 15) is 24.1 Å². The van der Waals surface area contributed by atoms with Gasteiger partial charge in [0.05, 0.1) is 4.92 Å². The van der Waals surface area contributed by atoms with Crippen LogP contribution in [0.3, 0.4) is 0 Å². The van der Waals surface area contributed by atoms with E-state index in [1.54, 1.807) is 6.07 Å². The van der Waals surface area contributed by atoms with Crippen molar-refractivity contribution in [3.05, 3.63) is 76.1 Å². The summed E-state index contributed by atoms with van der Waals surface area (Å²) < 4.78 is 18.7. The summed E-state index contributed by atoms with van der Waals surface area (Å²) in [5.74, 6) is -1.98. The minimum atomic E-state index is -1.04. The summed E-state index contributed by atoms with van der Waals surface area (Å²) in [5, 5.41) is 10.6. The molecule has 0 radical (unpaired) electrons. The lowest BCUT2D eigenvalue weighted by Crippen LogP contribution is -2.46. The van der Waals surface area contributed by atoms with Gasteiger partial charge in [-0.3, -0.25) is 30.6 Å². The fourth-order valence-corrected chi connectivity index (χ4v) is 1.93. The van der Waals surface area contributed by atoms with Crippen LogP contribution in [-0.4, -0.2) is 22.8 Å². The number of non-ortho nitro benzene ring substituents is 1. The largest absolute Gasteiger partial charge is 0.478 e. The molecule has 0 heterocycles. The third-order valence-corrected chi connectivity index (χ3v) is 3.35. The summed E-state index contributed by atoms with van der Waals surface area (Å²) in [4.78, 5) is 33.6. The Morgan fingerprint density at radius 2 is 1.81 bits per heavy atom. The van der Waals surface area contributed by atoms with Gasteiger partial charge in [0.15, 0.2) is 17.7 Å². The second-order valence-corrected chi connectivity index (χ2v) is 5.35. The maximum absolute atomic E-state index is 13.5. The Balaban J connectivity index is 1.82. The van der Waals surface area contributed by atoms with Gasteiger partial charge in [-0.25, -0.2) is 4.39 Å². The number of hydrazine groups is 1. The van der Waals surface area contributed by atoms with Crippen molar-refractivity contribution >= 4 is 23.6 Å². The molecule has 1 atom stereocenters. The summed E-state index contributed by atoms with van der Waals surface area (Å²) in [6, 6.07) is 11.2. The van der Waals surface area contributed by atoms with Crippen molar-refractivity contribution < 1.29 is 23.6 Å². The first kappa shape index (κ1) is 19.6. The van der Waals surface area contributed by atoms with Gasteiger partial charge in [0, 0.05) is 18.2 Å². The number of nitrogens with one attached hydrogen (secondary N) is 2. The lowest BCUT2D eigenvalue weighted by Gasteiger charge is -2.15. The molecule has 0 spiro atoms. The van der Waals surface area contributed by atoms with E-state index in [0.29, 0.717) is 5.56 Å². The van der Waals surface area contributed by atoms with E-state index in [0.717, 1.165) is 6.08 Å².